The first kappa shape index (κ1) is 18.6. The summed E-state index contributed by atoms with van der Waals surface area (Å²) in [7, 11) is 1.68. The minimum Gasteiger partial charge on any atom is -0.341 e. The van der Waals surface area contributed by atoms with Crippen LogP contribution in [0.25, 0.3) is 0 Å². The van der Waals surface area contributed by atoms with Crippen molar-refractivity contribution in [3.8, 4) is 0 Å². The number of aromatic nitrogens is 1. The number of carbonyl (C=O) groups excluding carboxylic acids is 2. The lowest BCUT2D eigenvalue weighted by Gasteiger charge is -2.45. The zero-order valence-electron chi connectivity index (χ0n) is 16.0. The zero-order chi connectivity index (χ0) is 18.7. The number of rotatable bonds is 3. The van der Waals surface area contributed by atoms with Crippen molar-refractivity contribution < 1.29 is 9.59 Å². The molecule has 2 aliphatic heterocycles. The van der Waals surface area contributed by atoms with Gasteiger partial charge in [0.05, 0.1) is 5.56 Å². The number of amides is 3. The molecular formula is C19H29N5O2. The number of hydrogen-bond acceptors (Lipinski definition) is 4. The highest BCUT2D eigenvalue weighted by molar-refractivity contribution is 5.94. The van der Waals surface area contributed by atoms with E-state index in [9.17, 15) is 9.59 Å². The number of hydrogen-bond donors (Lipinski definition) is 1. The van der Waals surface area contributed by atoms with Gasteiger partial charge in [0.2, 0.25) is 0 Å². The van der Waals surface area contributed by atoms with E-state index in [0.717, 1.165) is 44.7 Å². The Hall–Kier alpha value is -2.15. The van der Waals surface area contributed by atoms with Crippen LogP contribution in [0.2, 0.25) is 0 Å². The molecular weight excluding hydrogens is 330 g/mol. The number of carbonyl (C=O) groups is 2. The second-order valence-electron chi connectivity index (χ2n) is 7.27. The summed E-state index contributed by atoms with van der Waals surface area (Å²) in [5, 5.41) is 2.73. The van der Waals surface area contributed by atoms with Gasteiger partial charge in [-0.2, -0.15) is 0 Å². The lowest BCUT2D eigenvalue weighted by molar-refractivity contribution is 0.0301. The molecule has 2 fully saturated rings. The number of aryl methyl sites for hydroxylation is 1. The number of urea groups is 1. The molecule has 1 N–H and O–H groups in total. The molecule has 0 aliphatic carbocycles. The van der Waals surface area contributed by atoms with Crippen molar-refractivity contribution in [2.75, 3.05) is 46.3 Å². The molecule has 2 saturated heterocycles. The van der Waals surface area contributed by atoms with Gasteiger partial charge in [-0.3, -0.25) is 14.7 Å². The summed E-state index contributed by atoms with van der Waals surface area (Å²) in [4.78, 5) is 35.2. The van der Waals surface area contributed by atoms with E-state index in [1.165, 1.54) is 0 Å². The summed E-state index contributed by atoms with van der Waals surface area (Å²) in [6.45, 7) is 8.80. The molecule has 0 aromatic carbocycles. The summed E-state index contributed by atoms with van der Waals surface area (Å²) in [5.74, 6) is 0.0566. The van der Waals surface area contributed by atoms with Gasteiger partial charge in [-0.25, -0.2) is 4.79 Å². The molecule has 1 aromatic rings. The Morgan fingerprint density at radius 2 is 1.88 bits per heavy atom. The van der Waals surface area contributed by atoms with Crippen molar-refractivity contribution >= 4 is 11.9 Å². The van der Waals surface area contributed by atoms with Gasteiger partial charge in [-0.15, -0.1) is 0 Å². The van der Waals surface area contributed by atoms with E-state index in [2.05, 4.69) is 22.1 Å². The minimum absolute atomic E-state index is 0.000935. The van der Waals surface area contributed by atoms with E-state index in [1.54, 1.807) is 13.2 Å². The van der Waals surface area contributed by atoms with Gasteiger partial charge in [0.1, 0.15) is 0 Å². The van der Waals surface area contributed by atoms with Crippen molar-refractivity contribution in [1.29, 1.82) is 0 Å². The van der Waals surface area contributed by atoms with Crippen LogP contribution in [0.15, 0.2) is 18.3 Å². The summed E-state index contributed by atoms with van der Waals surface area (Å²) in [6, 6.07) is 3.73. The maximum atomic E-state index is 12.7. The minimum atomic E-state index is 0.000935. The van der Waals surface area contributed by atoms with Gasteiger partial charge in [0, 0.05) is 63.7 Å². The number of nitrogens with zero attached hydrogens (tertiary/aromatic N) is 4. The first-order chi connectivity index (χ1) is 12.5. The highest BCUT2D eigenvalue weighted by Crippen LogP contribution is 2.32. The average molecular weight is 359 g/mol. The quantitative estimate of drug-likeness (QED) is 0.884. The smallest absolute Gasteiger partial charge is 0.317 e. The number of likely N-dealkylation sites (tertiary alicyclic amines) is 1. The molecule has 1 aromatic heterocycles. The summed E-state index contributed by atoms with van der Waals surface area (Å²) in [5.41, 5.74) is 1.60. The zero-order valence-corrected chi connectivity index (χ0v) is 16.0. The predicted octanol–water partition coefficient (Wildman–Crippen LogP) is 1.34. The Kier molecular flexibility index (Phi) is 5.46. The molecule has 3 rings (SSSR count). The summed E-state index contributed by atoms with van der Waals surface area (Å²) in [6.07, 6.45) is 3.67. The highest BCUT2D eigenvalue weighted by Gasteiger charge is 2.44. The van der Waals surface area contributed by atoms with E-state index >= 15 is 0 Å². The molecule has 0 radical (unpaired) electrons. The fourth-order valence-electron chi connectivity index (χ4n) is 4.12. The fraction of sp³-hybridized carbons (Fsp3) is 0.632. The summed E-state index contributed by atoms with van der Waals surface area (Å²) < 4.78 is 0. The lowest BCUT2D eigenvalue weighted by Crippen LogP contribution is -2.59. The molecule has 1 unspecified atom stereocenters. The van der Waals surface area contributed by atoms with Crippen LogP contribution < -0.4 is 5.32 Å². The average Bonchev–Trinajstić information content (AvgIpc) is 3.13. The van der Waals surface area contributed by atoms with E-state index in [1.807, 2.05) is 28.9 Å². The van der Waals surface area contributed by atoms with Crippen LogP contribution >= 0.6 is 0 Å². The molecule has 7 nitrogen and oxygen atoms in total. The molecule has 3 heterocycles. The molecule has 2 aliphatic rings. The molecule has 0 spiro atoms. The number of piperazine rings is 1. The first-order valence-corrected chi connectivity index (χ1v) is 9.43. The van der Waals surface area contributed by atoms with Gasteiger partial charge in [-0.05, 0) is 31.9 Å². The van der Waals surface area contributed by atoms with E-state index in [4.69, 9.17) is 0 Å². The Morgan fingerprint density at radius 3 is 2.46 bits per heavy atom. The number of pyridine rings is 1. The monoisotopic (exact) mass is 359 g/mol. The van der Waals surface area contributed by atoms with E-state index in [-0.39, 0.29) is 17.5 Å². The van der Waals surface area contributed by atoms with Gasteiger partial charge in [0.25, 0.3) is 5.91 Å². The topological polar surface area (TPSA) is 68.8 Å². The fourth-order valence-corrected chi connectivity index (χ4v) is 4.12. The first-order valence-electron chi connectivity index (χ1n) is 9.43. The third-order valence-electron chi connectivity index (χ3n) is 5.89. The second kappa shape index (κ2) is 7.61. The van der Waals surface area contributed by atoms with Gasteiger partial charge < -0.3 is 15.1 Å². The van der Waals surface area contributed by atoms with Crippen LogP contribution in [-0.4, -0.2) is 83.5 Å². The predicted molar refractivity (Wildman–Crippen MR) is 100 cm³/mol. The van der Waals surface area contributed by atoms with Crippen molar-refractivity contribution in [3.05, 3.63) is 29.6 Å². The standard InChI is InChI=1S/C19H29N5O2/c1-4-19(7-8-23(14-19)18(26)20-3)24-11-9-22(10-12-24)17(25)16-6-5-15(2)21-13-16/h5-6,13H,4,7-12,14H2,1-3H3,(H,20,26). The largest absolute Gasteiger partial charge is 0.341 e. The third kappa shape index (κ3) is 3.53. The maximum Gasteiger partial charge on any atom is 0.317 e. The molecule has 0 bridgehead atoms. The van der Waals surface area contributed by atoms with Crippen LogP contribution in [0.5, 0.6) is 0 Å². The molecule has 142 valence electrons. The lowest BCUT2D eigenvalue weighted by atomic mass is 9.92. The van der Waals surface area contributed by atoms with E-state index in [0.29, 0.717) is 18.7 Å². The Bertz CT molecular complexity index is 654. The van der Waals surface area contributed by atoms with Crippen LogP contribution in [0.3, 0.4) is 0 Å². The maximum absolute atomic E-state index is 12.7. The van der Waals surface area contributed by atoms with Crippen LogP contribution in [0, 0.1) is 6.92 Å². The Balaban J connectivity index is 1.61. The van der Waals surface area contributed by atoms with Crippen LogP contribution in [-0.2, 0) is 0 Å². The summed E-state index contributed by atoms with van der Waals surface area (Å²) >= 11 is 0. The van der Waals surface area contributed by atoms with Crippen molar-refractivity contribution in [3.63, 3.8) is 0 Å². The highest BCUT2D eigenvalue weighted by atomic mass is 16.2. The van der Waals surface area contributed by atoms with Crippen molar-refractivity contribution in [2.45, 2.75) is 32.2 Å². The number of nitrogens with one attached hydrogen (secondary N) is 1. The molecule has 0 saturated carbocycles. The van der Waals surface area contributed by atoms with E-state index < -0.39 is 0 Å². The Morgan fingerprint density at radius 1 is 1.15 bits per heavy atom. The normalized spacial score (nSPS) is 24.0. The second-order valence-corrected chi connectivity index (χ2v) is 7.27. The van der Waals surface area contributed by atoms with Crippen molar-refractivity contribution in [1.82, 2.24) is 25.0 Å². The molecule has 1 atom stereocenters. The van der Waals surface area contributed by atoms with Gasteiger partial charge in [-0.1, -0.05) is 6.92 Å². The molecule has 7 heteroatoms. The Labute approximate surface area is 155 Å². The van der Waals surface area contributed by atoms with Crippen LogP contribution in [0.4, 0.5) is 4.79 Å². The molecule has 3 amide bonds. The SMILES string of the molecule is CCC1(N2CCN(C(=O)c3ccc(C)nc3)CC2)CCN(C(=O)NC)C1. The van der Waals surface area contributed by atoms with Crippen LogP contribution in [0.1, 0.15) is 35.8 Å². The van der Waals surface area contributed by atoms with Gasteiger partial charge in [0.15, 0.2) is 0 Å². The van der Waals surface area contributed by atoms with Crippen molar-refractivity contribution in [2.24, 2.45) is 0 Å². The molecule has 26 heavy (non-hydrogen) atoms. The third-order valence-corrected chi connectivity index (χ3v) is 5.89. The van der Waals surface area contributed by atoms with Gasteiger partial charge >= 0.3 is 6.03 Å².